The molecule has 0 radical (unpaired) electrons. The van der Waals surface area contributed by atoms with Gasteiger partial charge in [-0.15, -0.1) is 10.2 Å². The SMILES string of the molecule is Cc1ccccc1CSc1nnc(CNC(=O)c2cccc([N+](=O)[O-])c2C)o1. The average Bonchev–Trinajstić information content (AvgIpc) is 3.13. The first-order valence-electron chi connectivity index (χ1n) is 8.47. The summed E-state index contributed by atoms with van der Waals surface area (Å²) in [6.45, 7) is 3.62. The van der Waals surface area contributed by atoms with Crippen molar-refractivity contribution in [2.24, 2.45) is 0 Å². The number of hydrogen-bond acceptors (Lipinski definition) is 7. The molecule has 28 heavy (non-hydrogen) atoms. The minimum atomic E-state index is -0.512. The molecule has 0 aliphatic heterocycles. The topological polar surface area (TPSA) is 111 Å². The first-order chi connectivity index (χ1) is 13.5. The molecule has 2 aromatic carbocycles. The van der Waals surface area contributed by atoms with Crippen molar-refractivity contribution in [2.45, 2.75) is 31.4 Å². The van der Waals surface area contributed by atoms with Crippen LogP contribution >= 0.6 is 11.8 Å². The summed E-state index contributed by atoms with van der Waals surface area (Å²) in [5, 5.41) is 22.0. The molecule has 1 aromatic heterocycles. The molecule has 3 aromatic rings. The van der Waals surface area contributed by atoms with Crippen LogP contribution in [-0.4, -0.2) is 21.0 Å². The minimum Gasteiger partial charge on any atom is -0.414 e. The fraction of sp³-hybridized carbons (Fsp3) is 0.211. The molecule has 0 unspecified atom stereocenters. The molecule has 1 heterocycles. The summed E-state index contributed by atoms with van der Waals surface area (Å²) in [5.74, 6) is 0.533. The molecule has 0 fully saturated rings. The van der Waals surface area contributed by atoms with Gasteiger partial charge in [0.15, 0.2) is 0 Å². The lowest BCUT2D eigenvalue weighted by Crippen LogP contribution is -2.24. The van der Waals surface area contributed by atoms with Crippen molar-refractivity contribution in [3.05, 3.63) is 80.7 Å². The number of thioether (sulfide) groups is 1. The number of rotatable bonds is 7. The minimum absolute atomic E-state index is 0.0406. The molecular weight excluding hydrogens is 380 g/mol. The van der Waals surface area contributed by atoms with Gasteiger partial charge in [0, 0.05) is 22.9 Å². The Hall–Kier alpha value is -3.20. The first kappa shape index (κ1) is 19.6. The fourth-order valence-electron chi connectivity index (χ4n) is 2.60. The summed E-state index contributed by atoms with van der Waals surface area (Å²) in [6.07, 6.45) is 0. The van der Waals surface area contributed by atoms with Crippen LogP contribution in [0, 0.1) is 24.0 Å². The number of nitrogens with one attached hydrogen (secondary N) is 1. The number of benzene rings is 2. The molecular formula is C19H18N4O4S. The summed E-state index contributed by atoms with van der Waals surface area (Å²) >= 11 is 1.42. The van der Waals surface area contributed by atoms with Crippen LogP contribution in [0.3, 0.4) is 0 Å². The van der Waals surface area contributed by atoms with Crippen molar-refractivity contribution in [2.75, 3.05) is 0 Å². The van der Waals surface area contributed by atoms with E-state index in [1.165, 1.54) is 41.1 Å². The molecule has 0 atom stereocenters. The molecule has 0 bridgehead atoms. The second kappa shape index (κ2) is 8.66. The standard InChI is InChI=1S/C19H18N4O4S/c1-12-6-3-4-7-14(12)11-28-19-22-21-17(27-19)10-20-18(24)15-8-5-9-16(13(15)2)23(25)26/h3-9H,10-11H2,1-2H3,(H,20,24). The van der Waals surface area contributed by atoms with Crippen LogP contribution in [0.5, 0.6) is 0 Å². The maximum atomic E-state index is 12.3. The third-order valence-corrected chi connectivity index (χ3v) is 5.07. The summed E-state index contributed by atoms with van der Waals surface area (Å²) < 4.78 is 5.54. The lowest BCUT2D eigenvalue weighted by atomic mass is 10.1. The quantitative estimate of drug-likeness (QED) is 0.366. The second-order valence-electron chi connectivity index (χ2n) is 6.07. The van der Waals surface area contributed by atoms with Gasteiger partial charge in [0.05, 0.1) is 11.5 Å². The third kappa shape index (κ3) is 4.55. The molecule has 3 rings (SSSR count). The lowest BCUT2D eigenvalue weighted by Gasteiger charge is -2.06. The van der Waals surface area contributed by atoms with E-state index in [1.807, 2.05) is 31.2 Å². The van der Waals surface area contributed by atoms with E-state index in [2.05, 4.69) is 15.5 Å². The number of nitro groups is 1. The largest absolute Gasteiger partial charge is 0.414 e. The highest BCUT2D eigenvalue weighted by Gasteiger charge is 2.18. The van der Waals surface area contributed by atoms with Crippen LogP contribution in [-0.2, 0) is 12.3 Å². The summed E-state index contributed by atoms with van der Waals surface area (Å²) in [7, 11) is 0. The van der Waals surface area contributed by atoms with E-state index in [0.717, 1.165) is 0 Å². The van der Waals surface area contributed by atoms with E-state index in [9.17, 15) is 14.9 Å². The van der Waals surface area contributed by atoms with Crippen molar-refractivity contribution in [1.82, 2.24) is 15.5 Å². The maximum absolute atomic E-state index is 12.3. The van der Waals surface area contributed by atoms with Gasteiger partial charge in [-0.1, -0.05) is 42.1 Å². The predicted octanol–water partition coefficient (Wildman–Crippen LogP) is 3.82. The van der Waals surface area contributed by atoms with Gasteiger partial charge in [-0.05, 0) is 31.0 Å². The van der Waals surface area contributed by atoms with Crippen LogP contribution in [0.4, 0.5) is 5.69 Å². The van der Waals surface area contributed by atoms with E-state index in [4.69, 9.17) is 4.42 Å². The van der Waals surface area contributed by atoms with Crippen molar-refractivity contribution in [1.29, 1.82) is 0 Å². The Morgan fingerprint density at radius 1 is 1.18 bits per heavy atom. The molecule has 9 heteroatoms. The number of carbonyl (C=O) groups excluding carboxylic acids is 1. The highest BCUT2D eigenvalue weighted by Crippen LogP contribution is 2.23. The summed E-state index contributed by atoms with van der Waals surface area (Å²) in [4.78, 5) is 22.8. The van der Waals surface area contributed by atoms with Crippen molar-refractivity contribution in [3.8, 4) is 0 Å². The normalized spacial score (nSPS) is 10.6. The van der Waals surface area contributed by atoms with Gasteiger partial charge in [-0.2, -0.15) is 0 Å². The Morgan fingerprint density at radius 3 is 2.71 bits per heavy atom. The number of nitrogens with zero attached hydrogens (tertiary/aromatic N) is 3. The van der Waals surface area contributed by atoms with Crippen molar-refractivity contribution >= 4 is 23.4 Å². The van der Waals surface area contributed by atoms with E-state index in [-0.39, 0.29) is 23.7 Å². The van der Waals surface area contributed by atoms with Crippen molar-refractivity contribution in [3.63, 3.8) is 0 Å². The first-order valence-corrected chi connectivity index (χ1v) is 9.46. The van der Waals surface area contributed by atoms with Crippen LogP contribution in [0.2, 0.25) is 0 Å². The number of aromatic nitrogens is 2. The van der Waals surface area contributed by atoms with Gasteiger partial charge in [-0.25, -0.2) is 0 Å². The van der Waals surface area contributed by atoms with E-state index < -0.39 is 10.8 Å². The molecule has 1 amide bonds. The molecule has 0 spiro atoms. The van der Waals surface area contributed by atoms with Crippen LogP contribution in [0.25, 0.3) is 0 Å². The van der Waals surface area contributed by atoms with Crippen molar-refractivity contribution < 1.29 is 14.1 Å². The van der Waals surface area contributed by atoms with Gasteiger partial charge in [0.1, 0.15) is 0 Å². The zero-order valence-electron chi connectivity index (χ0n) is 15.3. The van der Waals surface area contributed by atoms with E-state index in [0.29, 0.717) is 16.5 Å². The Labute approximate surface area is 165 Å². The third-order valence-electron chi connectivity index (χ3n) is 4.21. The highest BCUT2D eigenvalue weighted by atomic mass is 32.2. The van der Waals surface area contributed by atoms with Crippen LogP contribution in [0.1, 0.15) is 32.9 Å². The van der Waals surface area contributed by atoms with E-state index in [1.54, 1.807) is 6.92 Å². The molecule has 0 saturated carbocycles. The number of hydrogen-bond donors (Lipinski definition) is 1. The zero-order valence-corrected chi connectivity index (χ0v) is 16.2. The van der Waals surface area contributed by atoms with Crippen LogP contribution < -0.4 is 5.32 Å². The Kier molecular flexibility index (Phi) is 6.05. The maximum Gasteiger partial charge on any atom is 0.276 e. The number of nitro benzene ring substituents is 1. The molecule has 144 valence electrons. The molecule has 1 N–H and O–H groups in total. The van der Waals surface area contributed by atoms with Gasteiger partial charge < -0.3 is 9.73 Å². The Bertz CT molecular complexity index is 1020. The Balaban J connectivity index is 1.59. The molecule has 8 nitrogen and oxygen atoms in total. The fourth-order valence-corrected chi connectivity index (χ4v) is 3.45. The Morgan fingerprint density at radius 2 is 1.96 bits per heavy atom. The van der Waals surface area contributed by atoms with Gasteiger partial charge in [-0.3, -0.25) is 14.9 Å². The molecule has 0 aliphatic rings. The monoisotopic (exact) mass is 398 g/mol. The average molecular weight is 398 g/mol. The number of amides is 1. The second-order valence-corrected chi connectivity index (χ2v) is 6.99. The van der Waals surface area contributed by atoms with Gasteiger partial charge in [0.2, 0.25) is 5.89 Å². The summed E-state index contributed by atoms with van der Waals surface area (Å²) in [6, 6.07) is 12.4. The lowest BCUT2D eigenvalue weighted by molar-refractivity contribution is -0.385. The van der Waals surface area contributed by atoms with Gasteiger partial charge in [0.25, 0.3) is 16.8 Å². The smallest absolute Gasteiger partial charge is 0.276 e. The molecule has 0 saturated heterocycles. The van der Waals surface area contributed by atoms with E-state index >= 15 is 0 Å². The van der Waals surface area contributed by atoms with Crippen LogP contribution in [0.15, 0.2) is 52.1 Å². The number of aryl methyl sites for hydroxylation is 1. The molecule has 0 aliphatic carbocycles. The summed E-state index contributed by atoms with van der Waals surface area (Å²) in [5.41, 5.74) is 2.82. The predicted molar refractivity (Wildman–Crippen MR) is 104 cm³/mol. The highest BCUT2D eigenvalue weighted by molar-refractivity contribution is 7.98. The van der Waals surface area contributed by atoms with Gasteiger partial charge >= 0.3 is 0 Å². The number of carbonyl (C=O) groups is 1. The zero-order chi connectivity index (χ0) is 20.1.